The molecule has 0 saturated heterocycles. The third-order valence-electron chi connectivity index (χ3n) is 3.52. The molecule has 0 bridgehead atoms. The first-order valence-electron chi connectivity index (χ1n) is 6.65. The van der Waals surface area contributed by atoms with Crippen LogP contribution in [0.15, 0.2) is 24.3 Å². The van der Waals surface area contributed by atoms with Gasteiger partial charge in [-0.2, -0.15) is 0 Å². The average molecular weight is 266 g/mol. The minimum absolute atomic E-state index is 0.102. The second kappa shape index (κ2) is 7.48. The summed E-state index contributed by atoms with van der Waals surface area (Å²) in [6, 6.07) is 8.35. The lowest BCUT2D eigenvalue weighted by Gasteiger charge is -2.25. The number of rotatable bonds is 8. The van der Waals surface area contributed by atoms with Gasteiger partial charge in [0.15, 0.2) is 0 Å². The van der Waals surface area contributed by atoms with E-state index in [0.29, 0.717) is 0 Å². The van der Waals surface area contributed by atoms with Crippen LogP contribution in [0.4, 0.5) is 0 Å². The normalized spacial score (nSPS) is 13.3. The standard InChI is InChI=1S/C15H26N2O2/c1-15(2,19-4)10-9-13(17-16)11-12-5-7-14(18-3)8-6-12/h5-8,13,17H,9-11,16H2,1-4H3. The number of nitrogens with one attached hydrogen (secondary N) is 1. The predicted octanol–water partition coefficient (Wildman–Crippen LogP) is 2.27. The molecule has 1 unspecified atom stereocenters. The van der Waals surface area contributed by atoms with Crippen molar-refractivity contribution in [3.63, 3.8) is 0 Å². The molecular formula is C15H26N2O2. The van der Waals surface area contributed by atoms with E-state index >= 15 is 0 Å². The van der Waals surface area contributed by atoms with E-state index in [2.05, 4.69) is 31.4 Å². The first-order chi connectivity index (χ1) is 9.00. The Labute approximate surface area is 116 Å². The van der Waals surface area contributed by atoms with Crippen LogP contribution in [0, 0.1) is 0 Å². The number of benzene rings is 1. The van der Waals surface area contributed by atoms with Crippen LogP contribution in [0.1, 0.15) is 32.3 Å². The van der Waals surface area contributed by atoms with Crippen molar-refractivity contribution in [2.24, 2.45) is 5.84 Å². The molecule has 0 heterocycles. The van der Waals surface area contributed by atoms with E-state index in [0.717, 1.165) is 25.0 Å². The average Bonchev–Trinajstić information content (AvgIpc) is 2.44. The van der Waals surface area contributed by atoms with Crippen molar-refractivity contribution in [3.05, 3.63) is 29.8 Å². The minimum atomic E-state index is -0.102. The predicted molar refractivity (Wildman–Crippen MR) is 78.1 cm³/mol. The molecule has 0 saturated carbocycles. The minimum Gasteiger partial charge on any atom is -0.497 e. The van der Waals surface area contributed by atoms with Crippen molar-refractivity contribution in [3.8, 4) is 5.75 Å². The molecule has 1 rings (SSSR count). The maximum atomic E-state index is 5.63. The van der Waals surface area contributed by atoms with Gasteiger partial charge in [-0.15, -0.1) is 0 Å². The Morgan fingerprint density at radius 1 is 1.21 bits per heavy atom. The molecule has 0 aliphatic rings. The SMILES string of the molecule is COc1ccc(CC(CCC(C)(C)OC)NN)cc1. The Morgan fingerprint density at radius 3 is 2.32 bits per heavy atom. The zero-order valence-electron chi connectivity index (χ0n) is 12.4. The molecule has 19 heavy (non-hydrogen) atoms. The Bertz CT molecular complexity index is 363. The van der Waals surface area contributed by atoms with E-state index in [4.69, 9.17) is 15.3 Å². The van der Waals surface area contributed by atoms with Crippen molar-refractivity contribution < 1.29 is 9.47 Å². The molecule has 108 valence electrons. The molecule has 4 heteroatoms. The zero-order valence-corrected chi connectivity index (χ0v) is 12.4. The molecular weight excluding hydrogens is 240 g/mol. The van der Waals surface area contributed by atoms with E-state index in [1.807, 2.05) is 12.1 Å². The summed E-state index contributed by atoms with van der Waals surface area (Å²) in [7, 11) is 3.42. The molecule has 0 aliphatic heterocycles. The molecule has 1 aromatic rings. The van der Waals surface area contributed by atoms with Crippen LogP contribution in [0.3, 0.4) is 0 Å². The summed E-state index contributed by atoms with van der Waals surface area (Å²) in [5.41, 5.74) is 4.04. The van der Waals surface area contributed by atoms with Gasteiger partial charge >= 0.3 is 0 Å². The van der Waals surface area contributed by atoms with Crippen molar-refractivity contribution in [2.75, 3.05) is 14.2 Å². The maximum Gasteiger partial charge on any atom is 0.118 e. The summed E-state index contributed by atoms with van der Waals surface area (Å²) in [6.07, 6.45) is 2.85. The van der Waals surface area contributed by atoms with E-state index in [1.165, 1.54) is 5.56 Å². The molecule has 0 aliphatic carbocycles. The van der Waals surface area contributed by atoms with Gasteiger partial charge < -0.3 is 9.47 Å². The summed E-state index contributed by atoms with van der Waals surface area (Å²) >= 11 is 0. The summed E-state index contributed by atoms with van der Waals surface area (Å²) in [6.45, 7) is 4.18. The van der Waals surface area contributed by atoms with Crippen LogP contribution in [0.5, 0.6) is 5.75 Å². The molecule has 0 spiro atoms. The number of hydrazine groups is 1. The fraction of sp³-hybridized carbons (Fsp3) is 0.600. The van der Waals surface area contributed by atoms with Gasteiger partial charge in [-0.25, -0.2) is 0 Å². The van der Waals surface area contributed by atoms with Crippen LogP contribution in [-0.2, 0) is 11.2 Å². The fourth-order valence-corrected chi connectivity index (χ4v) is 1.91. The topological polar surface area (TPSA) is 56.5 Å². The smallest absolute Gasteiger partial charge is 0.118 e. The lowest BCUT2D eigenvalue weighted by molar-refractivity contribution is 0.0117. The third-order valence-corrected chi connectivity index (χ3v) is 3.52. The maximum absolute atomic E-state index is 5.63. The van der Waals surface area contributed by atoms with Crippen molar-refractivity contribution in [1.29, 1.82) is 0 Å². The van der Waals surface area contributed by atoms with Gasteiger partial charge in [-0.05, 0) is 50.8 Å². The first kappa shape index (κ1) is 16.0. The van der Waals surface area contributed by atoms with Crippen molar-refractivity contribution in [2.45, 2.75) is 44.8 Å². The van der Waals surface area contributed by atoms with Crippen molar-refractivity contribution in [1.82, 2.24) is 5.43 Å². The van der Waals surface area contributed by atoms with Crippen LogP contribution in [0.25, 0.3) is 0 Å². The van der Waals surface area contributed by atoms with Gasteiger partial charge in [-0.3, -0.25) is 11.3 Å². The van der Waals surface area contributed by atoms with Crippen LogP contribution in [-0.4, -0.2) is 25.9 Å². The molecule has 0 fully saturated rings. The van der Waals surface area contributed by atoms with E-state index in [1.54, 1.807) is 14.2 Å². The molecule has 1 aromatic carbocycles. The van der Waals surface area contributed by atoms with E-state index in [9.17, 15) is 0 Å². The number of ether oxygens (including phenoxy) is 2. The lowest BCUT2D eigenvalue weighted by Crippen LogP contribution is -2.38. The van der Waals surface area contributed by atoms with Crippen LogP contribution >= 0.6 is 0 Å². The zero-order chi connectivity index (χ0) is 14.3. The Hall–Kier alpha value is -1.10. The Kier molecular flexibility index (Phi) is 6.28. The second-order valence-electron chi connectivity index (χ2n) is 5.42. The summed E-state index contributed by atoms with van der Waals surface area (Å²) in [4.78, 5) is 0. The van der Waals surface area contributed by atoms with Gasteiger partial charge in [0.05, 0.1) is 12.7 Å². The van der Waals surface area contributed by atoms with Crippen LogP contribution < -0.4 is 16.0 Å². The quantitative estimate of drug-likeness (QED) is 0.560. The number of methoxy groups -OCH3 is 2. The van der Waals surface area contributed by atoms with Crippen LogP contribution in [0.2, 0.25) is 0 Å². The molecule has 0 radical (unpaired) electrons. The van der Waals surface area contributed by atoms with Gasteiger partial charge in [0, 0.05) is 13.2 Å². The highest BCUT2D eigenvalue weighted by Gasteiger charge is 2.19. The molecule has 0 amide bonds. The third kappa shape index (κ3) is 5.59. The number of hydrogen-bond donors (Lipinski definition) is 2. The van der Waals surface area contributed by atoms with Gasteiger partial charge in [0.2, 0.25) is 0 Å². The number of nitrogens with two attached hydrogens (primary N) is 1. The lowest BCUT2D eigenvalue weighted by atomic mass is 9.95. The largest absolute Gasteiger partial charge is 0.497 e. The molecule has 4 nitrogen and oxygen atoms in total. The first-order valence-corrected chi connectivity index (χ1v) is 6.65. The Balaban J connectivity index is 2.51. The molecule has 0 aromatic heterocycles. The summed E-state index contributed by atoms with van der Waals surface area (Å²) < 4.78 is 10.6. The summed E-state index contributed by atoms with van der Waals surface area (Å²) in [5.74, 6) is 6.51. The monoisotopic (exact) mass is 266 g/mol. The van der Waals surface area contributed by atoms with Gasteiger partial charge in [0.1, 0.15) is 5.75 Å². The van der Waals surface area contributed by atoms with Gasteiger partial charge in [-0.1, -0.05) is 12.1 Å². The highest BCUT2D eigenvalue weighted by molar-refractivity contribution is 5.27. The number of hydrogen-bond acceptors (Lipinski definition) is 4. The fourth-order valence-electron chi connectivity index (χ4n) is 1.91. The highest BCUT2D eigenvalue weighted by Crippen LogP contribution is 2.19. The highest BCUT2D eigenvalue weighted by atomic mass is 16.5. The second-order valence-corrected chi connectivity index (χ2v) is 5.42. The van der Waals surface area contributed by atoms with E-state index < -0.39 is 0 Å². The van der Waals surface area contributed by atoms with E-state index in [-0.39, 0.29) is 11.6 Å². The molecule has 3 N–H and O–H groups in total. The van der Waals surface area contributed by atoms with Gasteiger partial charge in [0.25, 0.3) is 0 Å². The van der Waals surface area contributed by atoms with Crippen molar-refractivity contribution >= 4 is 0 Å². The summed E-state index contributed by atoms with van der Waals surface area (Å²) in [5, 5.41) is 0. The molecule has 1 atom stereocenters. The Morgan fingerprint density at radius 2 is 1.84 bits per heavy atom.